The minimum atomic E-state index is -0.132. The lowest BCUT2D eigenvalue weighted by Gasteiger charge is -2.14. The number of anilines is 1. The predicted octanol–water partition coefficient (Wildman–Crippen LogP) is 0.244. The van der Waals surface area contributed by atoms with Crippen molar-refractivity contribution in [2.75, 3.05) is 19.0 Å². The van der Waals surface area contributed by atoms with Gasteiger partial charge in [0.1, 0.15) is 5.69 Å². The molecule has 0 saturated heterocycles. The van der Waals surface area contributed by atoms with Gasteiger partial charge in [-0.1, -0.05) is 6.92 Å². The number of hydrogen-bond donors (Lipinski definition) is 2. The first-order valence-electron chi connectivity index (χ1n) is 4.73. The molecule has 0 aliphatic carbocycles. The van der Waals surface area contributed by atoms with Crippen molar-refractivity contribution in [3.8, 4) is 0 Å². The first-order valence-corrected chi connectivity index (χ1v) is 4.73. The van der Waals surface area contributed by atoms with Gasteiger partial charge in [0, 0.05) is 13.6 Å². The Morgan fingerprint density at radius 1 is 1.53 bits per heavy atom. The summed E-state index contributed by atoms with van der Waals surface area (Å²) in [5, 5.41) is 0. The Labute approximate surface area is 88.5 Å². The van der Waals surface area contributed by atoms with Gasteiger partial charge in [-0.05, 0) is 6.42 Å². The number of amides is 1. The van der Waals surface area contributed by atoms with E-state index in [9.17, 15) is 4.79 Å². The molecular formula is C9H15N5O. The zero-order valence-corrected chi connectivity index (χ0v) is 8.90. The van der Waals surface area contributed by atoms with Gasteiger partial charge in [0.15, 0.2) is 5.82 Å². The number of hydrazine groups is 1. The summed E-state index contributed by atoms with van der Waals surface area (Å²) in [5.74, 6) is 5.44. The van der Waals surface area contributed by atoms with E-state index in [4.69, 9.17) is 5.84 Å². The van der Waals surface area contributed by atoms with Crippen LogP contribution in [-0.2, 0) is 0 Å². The molecule has 3 N–H and O–H groups in total. The topological polar surface area (TPSA) is 84.1 Å². The number of nitrogen functional groups attached to an aromatic ring is 1. The Bertz CT molecular complexity index is 324. The molecule has 1 heterocycles. The van der Waals surface area contributed by atoms with Gasteiger partial charge in [0.05, 0.1) is 12.4 Å². The van der Waals surface area contributed by atoms with E-state index in [1.165, 1.54) is 12.4 Å². The van der Waals surface area contributed by atoms with E-state index in [-0.39, 0.29) is 5.91 Å². The largest absolute Gasteiger partial charge is 0.340 e. The number of hydrogen-bond acceptors (Lipinski definition) is 5. The number of nitrogens with one attached hydrogen (secondary N) is 1. The molecule has 0 bridgehead atoms. The zero-order valence-electron chi connectivity index (χ0n) is 8.90. The molecule has 0 unspecified atom stereocenters. The SMILES string of the molecule is CCCN(C)C(=O)c1cnc(NN)cn1. The number of aromatic nitrogens is 2. The van der Waals surface area contributed by atoms with Crippen molar-refractivity contribution in [2.24, 2.45) is 5.84 Å². The molecule has 1 amide bonds. The summed E-state index contributed by atoms with van der Waals surface area (Å²) in [6, 6.07) is 0. The molecule has 0 aliphatic rings. The summed E-state index contributed by atoms with van der Waals surface area (Å²) in [6.45, 7) is 2.72. The van der Waals surface area contributed by atoms with Gasteiger partial charge in [0.25, 0.3) is 5.91 Å². The van der Waals surface area contributed by atoms with Gasteiger partial charge in [-0.2, -0.15) is 0 Å². The van der Waals surface area contributed by atoms with Crippen LogP contribution < -0.4 is 11.3 Å². The van der Waals surface area contributed by atoms with Crippen molar-refractivity contribution in [2.45, 2.75) is 13.3 Å². The highest BCUT2D eigenvalue weighted by molar-refractivity contribution is 5.91. The van der Waals surface area contributed by atoms with Crippen LogP contribution in [0.2, 0.25) is 0 Å². The Balaban J connectivity index is 2.73. The fourth-order valence-corrected chi connectivity index (χ4v) is 1.15. The van der Waals surface area contributed by atoms with Crippen molar-refractivity contribution in [1.29, 1.82) is 0 Å². The second-order valence-corrected chi connectivity index (χ2v) is 3.16. The quantitative estimate of drug-likeness (QED) is 0.548. The van der Waals surface area contributed by atoms with Crippen molar-refractivity contribution in [1.82, 2.24) is 14.9 Å². The third-order valence-corrected chi connectivity index (χ3v) is 1.92. The molecule has 1 aromatic heterocycles. The number of carbonyl (C=O) groups is 1. The lowest BCUT2D eigenvalue weighted by atomic mass is 10.3. The Morgan fingerprint density at radius 2 is 2.27 bits per heavy atom. The van der Waals surface area contributed by atoms with E-state index in [0.717, 1.165) is 6.42 Å². The third-order valence-electron chi connectivity index (χ3n) is 1.92. The van der Waals surface area contributed by atoms with Crippen LogP contribution in [-0.4, -0.2) is 34.4 Å². The lowest BCUT2D eigenvalue weighted by molar-refractivity contribution is 0.0789. The predicted molar refractivity (Wildman–Crippen MR) is 57.1 cm³/mol. The average Bonchev–Trinajstić information content (AvgIpc) is 2.28. The standard InChI is InChI=1S/C9H15N5O/c1-3-4-14(2)9(15)7-5-12-8(13-10)6-11-7/h5-6H,3-4,10H2,1-2H3,(H,12,13). The maximum Gasteiger partial charge on any atom is 0.273 e. The van der Waals surface area contributed by atoms with Crippen LogP contribution >= 0.6 is 0 Å². The second kappa shape index (κ2) is 5.26. The molecule has 0 radical (unpaired) electrons. The number of rotatable bonds is 4. The van der Waals surface area contributed by atoms with Gasteiger partial charge < -0.3 is 10.3 Å². The molecule has 82 valence electrons. The Hall–Kier alpha value is -1.69. The minimum absolute atomic E-state index is 0.132. The van der Waals surface area contributed by atoms with Crippen molar-refractivity contribution in [3.63, 3.8) is 0 Å². The molecule has 0 aliphatic heterocycles. The zero-order chi connectivity index (χ0) is 11.3. The maximum atomic E-state index is 11.7. The van der Waals surface area contributed by atoms with Crippen molar-refractivity contribution in [3.05, 3.63) is 18.1 Å². The average molecular weight is 209 g/mol. The molecule has 0 atom stereocenters. The molecule has 15 heavy (non-hydrogen) atoms. The van der Waals surface area contributed by atoms with E-state index in [0.29, 0.717) is 18.1 Å². The van der Waals surface area contributed by atoms with E-state index < -0.39 is 0 Å². The van der Waals surface area contributed by atoms with Crippen LogP contribution in [0.15, 0.2) is 12.4 Å². The van der Waals surface area contributed by atoms with E-state index >= 15 is 0 Å². The summed E-state index contributed by atoms with van der Waals surface area (Å²) >= 11 is 0. The molecule has 0 fully saturated rings. The summed E-state index contributed by atoms with van der Waals surface area (Å²) in [7, 11) is 1.74. The van der Waals surface area contributed by atoms with Gasteiger partial charge in [0.2, 0.25) is 0 Å². The molecule has 6 nitrogen and oxygen atoms in total. The minimum Gasteiger partial charge on any atom is -0.340 e. The van der Waals surface area contributed by atoms with Crippen molar-refractivity contribution >= 4 is 11.7 Å². The number of nitrogens with zero attached hydrogens (tertiary/aromatic N) is 3. The molecule has 0 aromatic carbocycles. The summed E-state index contributed by atoms with van der Waals surface area (Å²) in [4.78, 5) is 21.2. The fraction of sp³-hybridized carbons (Fsp3) is 0.444. The first kappa shape index (κ1) is 11.4. The molecule has 6 heteroatoms. The van der Waals surface area contributed by atoms with Crippen LogP contribution in [0.5, 0.6) is 0 Å². The summed E-state index contributed by atoms with van der Waals surface area (Å²) in [6.07, 6.45) is 3.74. The molecule has 0 saturated carbocycles. The second-order valence-electron chi connectivity index (χ2n) is 3.16. The monoisotopic (exact) mass is 209 g/mol. The lowest BCUT2D eigenvalue weighted by Crippen LogP contribution is -2.28. The Kier molecular flexibility index (Phi) is 3.99. The van der Waals surface area contributed by atoms with Gasteiger partial charge >= 0.3 is 0 Å². The van der Waals surface area contributed by atoms with Gasteiger partial charge in [-0.15, -0.1) is 0 Å². The van der Waals surface area contributed by atoms with Crippen molar-refractivity contribution < 1.29 is 4.79 Å². The number of nitrogens with two attached hydrogens (primary N) is 1. The van der Waals surface area contributed by atoms with Gasteiger partial charge in [-0.25, -0.2) is 15.8 Å². The number of carbonyl (C=O) groups excluding carboxylic acids is 1. The van der Waals surface area contributed by atoms with E-state index in [2.05, 4.69) is 15.4 Å². The Morgan fingerprint density at radius 3 is 2.73 bits per heavy atom. The van der Waals surface area contributed by atoms with E-state index in [1.54, 1.807) is 11.9 Å². The van der Waals surface area contributed by atoms with Crippen LogP contribution in [0.1, 0.15) is 23.8 Å². The summed E-state index contributed by atoms with van der Waals surface area (Å²) < 4.78 is 0. The molecule has 0 spiro atoms. The van der Waals surface area contributed by atoms with Crippen LogP contribution in [0.4, 0.5) is 5.82 Å². The van der Waals surface area contributed by atoms with Gasteiger partial charge in [-0.3, -0.25) is 4.79 Å². The normalized spacial score (nSPS) is 9.80. The molecular weight excluding hydrogens is 194 g/mol. The highest BCUT2D eigenvalue weighted by Gasteiger charge is 2.12. The van der Waals surface area contributed by atoms with Crippen LogP contribution in [0.3, 0.4) is 0 Å². The van der Waals surface area contributed by atoms with Crippen LogP contribution in [0, 0.1) is 0 Å². The first-order chi connectivity index (χ1) is 7.19. The van der Waals surface area contributed by atoms with E-state index in [1.807, 2.05) is 6.92 Å². The fourth-order valence-electron chi connectivity index (χ4n) is 1.15. The maximum absolute atomic E-state index is 11.7. The highest BCUT2D eigenvalue weighted by atomic mass is 16.2. The van der Waals surface area contributed by atoms with Crippen LogP contribution in [0.25, 0.3) is 0 Å². The molecule has 1 rings (SSSR count). The summed E-state index contributed by atoms with van der Waals surface area (Å²) in [5.41, 5.74) is 2.67. The smallest absolute Gasteiger partial charge is 0.273 e. The third kappa shape index (κ3) is 2.88. The molecule has 1 aromatic rings. The highest BCUT2D eigenvalue weighted by Crippen LogP contribution is 2.02.